The second kappa shape index (κ2) is 8.10. The summed E-state index contributed by atoms with van der Waals surface area (Å²) in [6.45, 7) is 5.94. The summed E-state index contributed by atoms with van der Waals surface area (Å²) in [4.78, 5) is 2.63. The molecule has 2 rings (SSSR count). The minimum atomic E-state index is 0.706. The number of hydrogen-bond donors (Lipinski definition) is 1. The smallest absolute Gasteiger partial charge is 0.0700 e. The average Bonchev–Trinajstić information content (AvgIpc) is 3.11. The van der Waals surface area contributed by atoms with Crippen LogP contribution >= 0.6 is 0 Å². The predicted molar refractivity (Wildman–Crippen MR) is 72.9 cm³/mol. The molecule has 1 aliphatic carbocycles. The summed E-state index contributed by atoms with van der Waals surface area (Å²) in [5.74, 6) is 0. The van der Waals surface area contributed by atoms with Crippen molar-refractivity contribution in [3.63, 3.8) is 0 Å². The summed E-state index contributed by atoms with van der Waals surface area (Å²) in [6, 6.07) is 1.61. The zero-order valence-electron chi connectivity index (χ0n) is 11.7. The molecule has 2 fully saturated rings. The molecule has 1 N–H and O–H groups in total. The minimum Gasteiger partial charge on any atom is -0.382 e. The molecule has 0 aromatic rings. The van der Waals surface area contributed by atoms with Crippen molar-refractivity contribution in [3.05, 3.63) is 0 Å². The fourth-order valence-electron chi connectivity index (χ4n) is 2.62. The Hall–Kier alpha value is -0.160. The van der Waals surface area contributed by atoms with E-state index in [0.29, 0.717) is 6.61 Å². The van der Waals surface area contributed by atoms with Crippen LogP contribution < -0.4 is 5.32 Å². The van der Waals surface area contributed by atoms with Crippen LogP contribution in [0.15, 0.2) is 0 Å². The summed E-state index contributed by atoms with van der Waals surface area (Å²) in [7, 11) is 1.71. The molecule has 106 valence electrons. The highest BCUT2D eigenvalue weighted by Crippen LogP contribution is 2.21. The Kier molecular flexibility index (Phi) is 6.41. The summed E-state index contributed by atoms with van der Waals surface area (Å²) in [5.41, 5.74) is 0. The lowest BCUT2D eigenvalue weighted by atomic mass is 10.2. The highest BCUT2D eigenvalue weighted by Gasteiger charge is 2.27. The molecule has 1 saturated carbocycles. The Morgan fingerprint density at radius 1 is 1.17 bits per heavy atom. The first-order valence-electron chi connectivity index (χ1n) is 7.44. The van der Waals surface area contributed by atoms with Gasteiger partial charge in [-0.15, -0.1) is 0 Å². The van der Waals surface area contributed by atoms with Crippen molar-refractivity contribution in [2.45, 2.75) is 44.2 Å². The van der Waals surface area contributed by atoms with Crippen LogP contribution in [0.1, 0.15) is 32.1 Å². The molecule has 4 heteroatoms. The van der Waals surface area contributed by atoms with Crippen LogP contribution in [0.3, 0.4) is 0 Å². The SMILES string of the molecule is COCCOCCCN1CCCC1CNC1CC1. The molecule has 0 aromatic carbocycles. The fraction of sp³-hybridized carbons (Fsp3) is 1.00. The van der Waals surface area contributed by atoms with E-state index in [-0.39, 0.29) is 0 Å². The molecule has 1 atom stereocenters. The predicted octanol–water partition coefficient (Wildman–Crippen LogP) is 1.26. The Labute approximate surface area is 111 Å². The van der Waals surface area contributed by atoms with Crippen molar-refractivity contribution in [3.8, 4) is 0 Å². The van der Waals surface area contributed by atoms with Crippen molar-refractivity contribution in [2.75, 3.05) is 46.6 Å². The van der Waals surface area contributed by atoms with E-state index in [1.807, 2.05) is 0 Å². The van der Waals surface area contributed by atoms with Crippen LogP contribution in [0.5, 0.6) is 0 Å². The van der Waals surface area contributed by atoms with Gasteiger partial charge in [0, 0.05) is 38.9 Å². The first-order valence-corrected chi connectivity index (χ1v) is 7.44. The lowest BCUT2D eigenvalue weighted by molar-refractivity contribution is 0.0646. The number of nitrogens with zero attached hydrogens (tertiary/aromatic N) is 1. The largest absolute Gasteiger partial charge is 0.382 e. The standard InChI is InChI=1S/C14H28N2O2/c1-17-10-11-18-9-3-8-16-7-2-4-14(16)12-15-13-5-6-13/h13-15H,2-12H2,1H3. The number of hydrogen-bond acceptors (Lipinski definition) is 4. The van der Waals surface area contributed by atoms with E-state index in [0.717, 1.165) is 31.7 Å². The van der Waals surface area contributed by atoms with Crippen LogP contribution in [-0.2, 0) is 9.47 Å². The molecular weight excluding hydrogens is 228 g/mol. The van der Waals surface area contributed by atoms with E-state index in [4.69, 9.17) is 9.47 Å². The quantitative estimate of drug-likeness (QED) is 0.597. The molecule has 0 aromatic heterocycles. The maximum absolute atomic E-state index is 5.51. The molecular formula is C14H28N2O2. The van der Waals surface area contributed by atoms with Crippen LogP contribution in [0, 0.1) is 0 Å². The van der Waals surface area contributed by atoms with Gasteiger partial charge in [-0.25, -0.2) is 0 Å². The molecule has 0 radical (unpaired) electrons. The molecule has 0 amide bonds. The summed E-state index contributed by atoms with van der Waals surface area (Å²) in [6.07, 6.45) is 6.65. The van der Waals surface area contributed by atoms with Crippen molar-refractivity contribution in [1.29, 1.82) is 0 Å². The van der Waals surface area contributed by atoms with Gasteiger partial charge in [0.25, 0.3) is 0 Å². The van der Waals surface area contributed by atoms with Gasteiger partial charge < -0.3 is 14.8 Å². The van der Waals surface area contributed by atoms with E-state index in [1.165, 1.54) is 45.3 Å². The van der Waals surface area contributed by atoms with Crippen LogP contribution in [0.2, 0.25) is 0 Å². The van der Waals surface area contributed by atoms with E-state index in [1.54, 1.807) is 7.11 Å². The monoisotopic (exact) mass is 256 g/mol. The number of likely N-dealkylation sites (tertiary alicyclic amines) is 1. The number of nitrogens with one attached hydrogen (secondary N) is 1. The van der Waals surface area contributed by atoms with E-state index >= 15 is 0 Å². The summed E-state index contributed by atoms with van der Waals surface area (Å²) in [5, 5.41) is 3.66. The van der Waals surface area contributed by atoms with Gasteiger partial charge in [-0.3, -0.25) is 4.90 Å². The third-order valence-electron chi connectivity index (χ3n) is 3.88. The Morgan fingerprint density at radius 3 is 2.83 bits per heavy atom. The van der Waals surface area contributed by atoms with Gasteiger partial charge in [-0.05, 0) is 38.6 Å². The number of ether oxygens (including phenoxy) is 2. The fourth-order valence-corrected chi connectivity index (χ4v) is 2.62. The summed E-state index contributed by atoms with van der Waals surface area (Å²) >= 11 is 0. The molecule has 1 unspecified atom stereocenters. The summed E-state index contributed by atoms with van der Waals surface area (Å²) < 4.78 is 10.5. The molecule has 2 aliphatic rings. The lowest BCUT2D eigenvalue weighted by Crippen LogP contribution is -2.39. The van der Waals surface area contributed by atoms with E-state index < -0.39 is 0 Å². The zero-order valence-corrected chi connectivity index (χ0v) is 11.7. The van der Waals surface area contributed by atoms with Gasteiger partial charge in [0.15, 0.2) is 0 Å². The van der Waals surface area contributed by atoms with Crippen LogP contribution in [0.4, 0.5) is 0 Å². The second-order valence-electron chi connectivity index (χ2n) is 5.47. The Morgan fingerprint density at radius 2 is 2.06 bits per heavy atom. The molecule has 18 heavy (non-hydrogen) atoms. The highest BCUT2D eigenvalue weighted by molar-refractivity contribution is 4.86. The number of rotatable bonds is 10. The second-order valence-corrected chi connectivity index (χ2v) is 5.47. The van der Waals surface area contributed by atoms with Gasteiger partial charge in [0.05, 0.1) is 13.2 Å². The third kappa shape index (κ3) is 5.22. The Balaban J connectivity index is 1.50. The number of methoxy groups -OCH3 is 1. The lowest BCUT2D eigenvalue weighted by Gasteiger charge is -2.24. The van der Waals surface area contributed by atoms with Crippen molar-refractivity contribution < 1.29 is 9.47 Å². The average molecular weight is 256 g/mol. The first kappa shape index (κ1) is 14.3. The molecule has 4 nitrogen and oxygen atoms in total. The van der Waals surface area contributed by atoms with E-state index in [9.17, 15) is 0 Å². The van der Waals surface area contributed by atoms with Gasteiger partial charge >= 0.3 is 0 Å². The minimum absolute atomic E-state index is 0.706. The van der Waals surface area contributed by atoms with Crippen molar-refractivity contribution in [2.24, 2.45) is 0 Å². The Bertz CT molecular complexity index is 222. The topological polar surface area (TPSA) is 33.7 Å². The van der Waals surface area contributed by atoms with Gasteiger partial charge in [-0.2, -0.15) is 0 Å². The van der Waals surface area contributed by atoms with E-state index in [2.05, 4.69) is 10.2 Å². The van der Waals surface area contributed by atoms with Gasteiger partial charge in [0.1, 0.15) is 0 Å². The van der Waals surface area contributed by atoms with Gasteiger partial charge in [0.2, 0.25) is 0 Å². The maximum Gasteiger partial charge on any atom is 0.0700 e. The zero-order chi connectivity index (χ0) is 12.6. The maximum atomic E-state index is 5.51. The molecule has 1 saturated heterocycles. The highest BCUT2D eigenvalue weighted by atomic mass is 16.5. The van der Waals surface area contributed by atoms with Crippen LogP contribution in [-0.4, -0.2) is 63.5 Å². The van der Waals surface area contributed by atoms with Crippen LogP contribution in [0.25, 0.3) is 0 Å². The van der Waals surface area contributed by atoms with Crippen molar-refractivity contribution in [1.82, 2.24) is 10.2 Å². The first-order chi connectivity index (χ1) is 8.90. The molecule has 1 heterocycles. The molecule has 0 bridgehead atoms. The van der Waals surface area contributed by atoms with Crippen molar-refractivity contribution >= 4 is 0 Å². The van der Waals surface area contributed by atoms with Gasteiger partial charge in [-0.1, -0.05) is 0 Å². The normalized spacial score (nSPS) is 24.8. The molecule has 1 aliphatic heterocycles. The third-order valence-corrected chi connectivity index (χ3v) is 3.88. The molecule has 0 spiro atoms.